The first-order valence-electron chi connectivity index (χ1n) is 2.70. The molecule has 0 spiro atoms. The molecule has 0 aliphatic rings. The fourth-order valence-electron chi connectivity index (χ4n) is 0.441. The van der Waals surface area contributed by atoms with E-state index in [0.29, 0.717) is 18.7 Å². The summed E-state index contributed by atoms with van der Waals surface area (Å²) in [4.78, 5) is 11.4. The summed E-state index contributed by atoms with van der Waals surface area (Å²) < 4.78 is 0. The molecule has 0 aliphatic carbocycles. The van der Waals surface area contributed by atoms with Crippen LogP contribution in [0, 0.1) is 0 Å². The maximum absolute atomic E-state index is 10.1. The van der Waals surface area contributed by atoms with Gasteiger partial charge in [-0.05, 0) is 6.92 Å². The Hall–Kier alpha value is -0.830. The Bertz CT molecular complexity index is 112. The minimum Gasteiger partial charge on any atom is -0.395 e. The minimum atomic E-state index is -0.0222. The number of allylic oxidation sites excluding steroid dienone is 1. The molecule has 3 heteroatoms. The van der Waals surface area contributed by atoms with E-state index in [-0.39, 0.29) is 6.61 Å². The van der Waals surface area contributed by atoms with E-state index < -0.39 is 0 Å². The zero-order chi connectivity index (χ0) is 7.28. The quantitative estimate of drug-likeness (QED) is 0.541. The van der Waals surface area contributed by atoms with Gasteiger partial charge in [-0.3, -0.25) is 4.79 Å². The normalized spacial score (nSPS) is 8.67. The predicted molar refractivity (Wildman–Crippen MR) is 34.7 cm³/mol. The molecule has 0 aliphatic heterocycles. The molecule has 0 unspecified atom stereocenters. The van der Waals surface area contributed by atoms with Crippen molar-refractivity contribution in [1.82, 2.24) is 4.90 Å². The van der Waals surface area contributed by atoms with Crippen LogP contribution in [0.5, 0.6) is 0 Å². The summed E-state index contributed by atoms with van der Waals surface area (Å²) in [6, 6.07) is 0. The monoisotopic (exact) mass is 129 g/mol. The first-order chi connectivity index (χ1) is 4.22. The lowest BCUT2D eigenvalue weighted by atomic mass is 10.5. The van der Waals surface area contributed by atoms with Crippen molar-refractivity contribution in [2.75, 3.05) is 13.2 Å². The number of amides is 1. The van der Waals surface area contributed by atoms with E-state index >= 15 is 0 Å². The molecule has 0 aromatic heterocycles. The Morgan fingerprint density at radius 3 is 2.56 bits per heavy atom. The zero-order valence-electron chi connectivity index (χ0n) is 5.50. The largest absolute Gasteiger partial charge is 0.395 e. The van der Waals surface area contributed by atoms with Crippen molar-refractivity contribution in [2.24, 2.45) is 0 Å². The highest BCUT2D eigenvalue weighted by Gasteiger charge is 1.97. The first kappa shape index (κ1) is 8.17. The lowest BCUT2D eigenvalue weighted by Crippen LogP contribution is -2.22. The lowest BCUT2D eigenvalue weighted by Gasteiger charge is -2.13. The predicted octanol–water partition coefficient (Wildman–Crippen LogP) is -0.0293. The van der Waals surface area contributed by atoms with Crippen LogP contribution in [0.15, 0.2) is 12.3 Å². The summed E-state index contributed by atoms with van der Waals surface area (Å²) in [7, 11) is 0. The van der Waals surface area contributed by atoms with Crippen LogP contribution in [-0.4, -0.2) is 29.6 Å². The van der Waals surface area contributed by atoms with Crippen molar-refractivity contribution in [2.45, 2.75) is 6.92 Å². The van der Waals surface area contributed by atoms with Crippen molar-refractivity contribution in [3.8, 4) is 0 Å². The third-order valence-corrected chi connectivity index (χ3v) is 0.958. The average Bonchev–Trinajstić information content (AvgIpc) is 1.82. The van der Waals surface area contributed by atoms with Gasteiger partial charge in [0.15, 0.2) is 0 Å². The molecule has 52 valence electrons. The zero-order valence-corrected chi connectivity index (χ0v) is 5.50. The van der Waals surface area contributed by atoms with E-state index in [1.807, 2.05) is 0 Å². The van der Waals surface area contributed by atoms with Crippen molar-refractivity contribution >= 4 is 6.41 Å². The van der Waals surface area contributed by atoms with Crippen LogP contribution in [0.2, 0.25) is 0 Å². The summed E-state index contributed by atoms with van der Waals surface area (Å²) in [5.41, 5.74) is 0.652. The number of aliphatic hydroxyl groups is 1. The summed E-state index contributed by atoms with van der Waals surface area (Å²) in [5.74, 6) is 0. The molecule has 0 radical (unpaired) electrons. The molecule has 0 heterocycles. The van der Waals surface area contributed by atoms with E-state index in [1.165, 1.54) is 4.90 Å². The topological polar surface area (TPSA) is 40.5 Å². The second kappa shape index (κ2) is 4.09. The molecule has 1 amide bonds. The van der Waals surface area contributed by atoms with Crippen LogP contribution >= 0.6 is 0 Å². The molecule has 0 aromatic carbocycles. The Morgan fingerprint density at radius 1 is 1.89 bits per heavy atom. The van der Waals surface area contributed by atoms with Gasteiger partial charge in [0.05, 0.1) is 6.61 Å². The number of rotatable bonds is 4. The van der Waals surface area contributed by atoms with Crippen LogP contribution in [0.4, 0.5) is 0 Å². The molecule has 0 bridgehead atoms. The average molecular weight is 129 g/mol. The van der Waals surface area contributed by atoms with E-state index in [2.05, 4.69) is 6.58 Å². The summed E-state index contributed by atoms with van der Waals surface area (Å²) in [6.07, 6.45) is 0.651. The Balaban J connectivity index is 3.68. The van der Waals surface area contributed by atoms with Gasteiger partial charge in [0.25, 0.3) is 0 Å². The van der Waals surface area contributed by atoms with Crippen LogP contribution in [-0.2, 0) is 4.79 Å². The SMILES string of the molecule is C=C(C)N(C=O)CCO. The minimum absolute atomic E-state index is 0.0222. The molecule has 0 atom stereocenters. The number of carbonyl (C=O) groups is 1. The smallest absolute Gasteiger partial charge is 0.213 e. The highest BCUT2D eigenvalue weighted by Crippen LogP contribution is 1.93. The van der Waals surface area contributed by atoms with E-state index in [1.54, 1.807) is 6.92 Å². The van der Waals surface area contributed by atoms with Gasteiger partial charge in [0, 0.05) is 12.2 Å². The van der Waals surface area contributed by atoms with E-state index in [9.17, 15) is 4.79 Å². The number of carbonyl (C=O) groups excluding carboxylic acids is 1. The van der Waals surface area contributed by atoms with E-state index in [0.717, 1.165) is 0 Å². The van der Waals surface area contributed by atoms with E-state index in [4.69, 9.17) is 5.11 Å². The van der Waals surface area contributed by atoms with Gasteiger partial charge in [0.1, 0.15) is 0 Å². The van der Waals surface area contributed by atoms with Crippen LogP contribution in [0.1, 0.15) is 6.92 Å². The fourth-order valence-corrected chi connectivity index (χ4v) is 0.441. The summed E-state index contributed by atoms with van der Waals surface area (Å²) in [6.45, 7) is 5.55. The Kier molecular flexibility index (Phi) is 3.71. The van der Waals surface area contributed by atoms with Crippen molar-refractivity contribution in [3.05, 3.63) is 12.3 Å². The fraction of sp³-hybridized carbons (Fsp3) is 0.500. The first-order valence-corrected chi connectivity index (χ1v) is 2.70. The van der Waals surface area contributed by atoms with Crippen molar-refractivity contribution in [1.29, 1.82) is 0 Å². The molecular formula is C6H11NO2. The molecular weight excluding hydrogens is 118 g/mol. The standard InChI is InChI=1S/C6H11NO2/c1-6(2)7(5-9)3-4-8/h5,8H,1,3-4H2,2H3. The molecule has 0 fully saturated rings. The number of aliphatic hydroxyl groups excluding tert-OH is 1. The third-order valence-electron chi connectivity index (χ3n) is 0.958. The highest BCUT2D eigenvalue weighted by atomic mass is 16.3. The van der Waals surface area contributed by atoms with Gasteiger partial charge >= 0.3 is 0 Å². The molecule has 1 N–H and O–H groups in total. The second-order valence-corrected chi connectivity index (χ2v) is 1.76. The van der Waals surface area contributed by atoms with Gasteiger partial charge in [-0.25, -0.2) is 0 Å². The van der Waals surface area contributed by atoms with Crippen LogP contribution < -0.4 is 0 Å². The van der Waals surface area contributed by atoms with Crippen LogP contribution in [0.25, 0.3) is 0 Å². The third kappa shape index (κ3) is 2.87. The molecule has 0 saturated heterocycles. The molecule has 3 nitrogen and oxygen atoms in total. The Morgan fingerprint density at radius 2 is 2.44 bits per heavy atom. The summed E-state index contributed by atoms with van der Waals surface area (Å²) >= 11 is 0. The maximum Gasteiger partial charge on any atom is 0.213 e. The highest BCUT2D eigenvalue weighted by molar-refractivity contribution is 5.50. The van der Waals surface area contributed by atoms with Crippen molar-refractivity contribution in [3.63, 3.8) is 0 Å². The van der Waals surface area contributed by atoms with Crippen molar-refractivity contribution < 1.29 is 9.90 Å². The van der Waals surface area contributed by atoms with Gasteiger partial charge in [0.2, 0.25) is 6.41 Å². The van der Waals surface area contributed by atoms with Gasteiger partial charge in [-0.1, -0.05) is 6.58 Å². The molecule has 0 saturated carbocycles. The van der Waals surface area contributed by atoms with Gasteiger partial charge < -0.3 is 10.0 Å². The Labute approximate surface area is 54.6 Å². The molecule has 9 heavy (non-hydrogen) atoms. The number of nitrogens with zero attached hydrogens (tertiary/aromatic N) is 1. The van der Waals surface area contributed by atoms with Crippen LogP contribution in [0.3, 0.4) is 0 Å². The van der Waals surface area contributed by atoms with Gasteiger partial charge in [-0.15, -0.1) is 0 Å². The van der Waals surface area contributed by atoms with Gasteiger partial charge in [-0.2, -0.15) is 0 Å². The second-order valence-electron chi connectivity index (χ2n) is 1.76. The molecule has 0 rings (SSSR count). The molecule has 0 aromatic rings. The summed E-state index contributed by atoms with van der Waals surface area (Å²) in [5, 5.41) is 8.38. The number of hydrogen-bond acceptors (Lipinski definition) is 2. The maximum atomic E-state index is 10.1. The number of hydrogen-bond donors (Lipinski definition) is 1. The lowest BCUT2D eigenvalue weighted by molar-refractivity contribution is -0.116.